The Morgan fingerprint density at radius 2 is 2.31 bits per heavy atom. The maximum Gasteiger partial charge on any atom is 0.0820 e. The van der Waals surface area contributed by atoms with Gasteiger partial charge in [0, 0.05) is 18.3 Å². The van der Waals surface area contributed by atoms with Crippen molar-refractivity contribution in [1.82, 2.24) is 4.98 Å². The van der Waals surface area contributed by atoms with Crippen LogP contribution in [0.2, 0.25) is 5.02 Å². The van der Waals surface area contributed by atoms with Crippen molar-refractivity contribution in [3.8, 4) is 0 Å². The van der Waals surface area contributed by atoms with E-state index in [0.29, 0.717) is 10.9 Å². The van der Waals surface area contributed by atoms with E-state index in [-0.39, 0.29) is 5.54 Å². The molecule has 0 aromatic carbocycles. The first-order valence-corrected chi connectivity index (χ1v) is 5.11. The Bertz CT molecular complexity index is 310. The molecule has 1 aliphatic carbocycles. The summed E-state index contributed by atoms with van der Waals surface area (Å²) < 4.78 is 0. The van der Waals surface area contributed by atoms with E-state index in [1.807, 2.05) is 6.07 Å². The van der Waals surface area contributed by atoms with Crippen LogP contribution in [0.25, 0.3) is 0 Å². The number of nitrogens with one attached hydrogen (secondary N) is 1. The van der Waals surface area contributed by atoms with E-state index in [4.69, 9.17) is 23.2 Å². The van der Waals surface area contributed by atoms with E-state index in [0.717, 1.165) is 18.5 Å². The number of hydrogen-bond acceptors (Lipinski definition) is 2. The fourth-order valence-electron chi connectivity index (χ4n) is 1.21. The zero-order chi connectivity index (χ0) is 9.31. The Morgan fingerprint density at radius 1 is 1.54 bits per heavy atom. The summed E-state index contributed by atoms with van der Waals surface area (Å²) in [7, 11) is 0. The minimum Gasteiger partial charge on any atom is -0.377 e. The summed E-state index contributed by atoms with van der Waals surface area (Å²) in [4.78, 5) is 3.92. The lowest BCUT2D eigenvalue weighted by atomic mass is 10.3. The van der Waals surface area contributed by atoms with E-state index in [1.165, 1.54) is 0 Å². The average Bonchev–Trinajstić information content (AvgIpc) is 2.90. The Balaban J connectivity index is 2.14. The molecule has 13 heavy (non-hydrogen) atoms. The number of pyridine rings is 1. The number of alkyl halides is 1. The van der Waals surface area contributed by atoms with Gasteiger partial charge in [0.1, 0.15) is 0 Å². The van der Waals surface area contributed by atoms with Gasteiger partial charge in [0.25, 0.3) is 0 Å². The fourth-order valence-corrected chi connectivity index (χ4v) is 1.71. The molecule has 0 aliphatic heterocycles. The Kier molecular flexibility index (Phi) is 2.35. The van der Waals surface area contributed by atoms with E-state index in [9.17, 15) is 0 Å². The van der Waals surface area contributed by atoms with Gasteiger partial charge in [-0.1, -0.05) is 11.6 Å². The molecule has 1 saturated carbocycles. The Labute approximate surface area is 87.3 Å². The first-order chi connectivity index (χ1) is 6.26. The summed E-state index contributed by atoms with van der Waals surface area (Å²) in [5.74, 6) is 0.631. The number of hydrogen-bond donors (Lipinski definition) is 1. The third kappa shape index (κ3) is 1.89. The molecule has 1 aliphatic rings. The topological polar surface area (TPSA) is 24.9 Å². The smallest absolute Gasteiger partial charge is 0.0820 e. The lowest BCUT2D eigenvalue weighted by Gasteiger charge is -2.16. The van der Waals surface area contributed by atoms with Gasteiger partial charge >= 0.3 is 0 Å². The molecule has 0 radical (unpaired) electrons. The van der Waals surface area contributed by atoms with Crippen LogP contribution in [0.5, 0.6) is 0 Å². The minimum atomic E-state index is 0.0898. The predicted molar refractivity (Wildman–Crippen MR) is 55.6 cm³/mol. The summed E-state index contributed by atoms with van der Waals surface area (Å²) in [5, 5.41) is 4.00. The van der Waals surface area contributed by atoms with Crippen molar-refractivity contribution in [2.45, 2.75) is 18.4 Å². The predicted octanol–water partition coefficient (Wildman–Crippen LogP) is 2.92. The maximum absolute atomic E-state index is 5.95. The number of aromatic nitrogens is 1. The highest BCUT2D eigenvalue weighted by Gasteiger charge is 2.41. The molecule has 70 valence electrons. The number of anilines is 1. The van der Waals surface area contributed by atoms with Crippen molar-refractivity contribution in [1.29, 1.82) is 0 Å². The molecule has 1 fully saturated rings. The van der Waals surface area contributed by atoms with Gasteiger partial charge in [-0.25, -0.2) is 0 Å². The quantitative estimate of drug-likeness (QED) is 0.787. The number of nitrogens with zero attached hydrogens (tertiary/aromatic N) is 1. The maximum atomic E-state index is 5.95. The van der Waals surface area contributed by atoms with Gasteiger partial charge in [0.05, 0.1) is 16.2 Å². The van der Waals surface area contributed by atoms with Crippen molar-refractivity contribution in [2.75, 3.05) is 11.2 Å². The van der Waals surface area contributed by atoms with Crippen molar-refractivity contribution >= 4 is 28.9 Å². The average molecular weight is 217 g/mol. The van der Waals surface area contributed by atoms with Crippen molar-refractivity contribution < 1.29 is 0 Å². The Hall–Kier alpha value is -0.470. The Morgan fingerprint density at radius 3 is 2.85 bits per heavy atom. The van der Waals surface area contributed by atoms with Crippen molar-refractivity contribution in [3.63, 3.8) is 0 Å². The van der Waals surface area contributed by atoms with Gasteiger partial charge in [0.2, 0.25) is 0 Å². The molecule has 0 bridgehead atoms. The lowest BCUT2D eigenvalue weighted by Crippen LogP contribution is -2.23. The molecule has 2 nitrogen and oxygen atoms in total. The second-order valence-corrected chi connectivity index (χ2v) is 4.07. The van der Waals surface area contributed by atoms with Crippen molar-refractivity contribution in [2.24, 2.45) is 0 Å². The number of rotatable bonds is 3. The minimum absolute atomic E-state index is 0.0898. The van der Waals surface area contributed by atoms with Crippen LogP contribution in [-0.4, -0.2) is 16.4 Å². The van der Waals surface area contributed by atoms with Crippen LogP contribution in [0, 0.1) is 0 Å². The van der Waals surface area contributed by atoms with Gasteiger partial charge in [-0.3, -0.25) is 4.98 Å². The molecule has 2 rings (SSSR count). The van der Waals surface area contributed by atoms with Crippen molar-refractivity contribution in [3.05, 3.63) is 23.5 Å². The van der Waals surface area contributed by atoms with Gasteiger partial charge < -0.3 is 5.32 Å². The summed E-state index contributed by atoms with van der Waals surface area (Å²) in [6, 6.07) is 1.87. The van der Waals surface area contributed by atoms with Gasteiger partial charge in [0.15, 0.2) is 0 Å². The third-order valence-electron chi connectivity index (χ3n) is 2.28. The molecule has 4 heteroatoms. The molecule has 1 aromatic rings. The first kappa shape index (κ1) is 9.10. The molecule has 1 N–H and O–H groups in total. The van der Waals surface area contributed by atoms with Crippen LogP contribution in [0.4, 0.5) is 5.69 Å². The highest BCUT2D eigenvalue weighted by Crippen LogP contribution is 2.41. The molecule has 0 spiro atoms. The van der Waals surface area contributed by atoms with Crippen LogP contribution >= 0.6 is 23.2 Å². The van der Waals surface area contributed by atoms with Crippen LogP contribution in [0.1, 0.15) is 12.8 Å². The fraction of sp³-hybridized carbons (Fsp3) is 0.444. The molecule has 0 unspecified atom stereocenters. The lowest BCUT2D eigenvalue weighted by molar-refractivity contribution is 0.837. The summed E-state index contributed by atoms with van der Waals surface area (Å²) >= 11 is 11.8. The second kappa shape index (κ2) is 3.35. The molecule has 1 heterocycles. The number of halogens is 2. The van der Waals surface area contributed by atoms with E-state index in [1.54, 1.807) is 12.4 Å². The van der Waals surface area contributed by atoms with Gasteiger partial charge in [-0.15, -0.1) is 11.6 Å². The molecule has 1 aromatic heterocycles. The zero-order valence-corrected chi connectivity index (χ0v) is 8.57. The normalized spacial score (nSPS) is 18.3. The van der Waals surface area contributed by atoms with E-state index < -0.39 is 0 Å². The molecule has 0 amide bonds. The molecular formula is C9H10Cl2N2. The monoisotopic (exact) mass is 216 g/mol. The summed E-state index contributed by atoms with van der Waals surface area (Å²) in [5.41, 5.74) is 1.02. The largest absolute Gasteiger partial charge is 0.377 e. The highest BCUT2D eigenvalue weighted by molar-refractivity contribution is 6.33. The summed E-state index contributed by atoms with van der Waals surface area (Å²) in [6.45, 7) is 0. The van der Waals surface area contributed by atoms with Crippen LogP contribution < -0.4 is 5.32 Å². The van der Waals surface area contributed by atoms with E-state index in [2.05, 4.69) is 10.3 Å². The van der Waals surface area contributed by atoms with Gasteiger partial charge in [-0.05, 0) is 18.9 Å². The standard InChI is InChI=1S/C9H10Cl2N2/c10-6-9(2-3-9)13-8-1-4-12-5-7(8)11/h1,4-5H,2-3,6H2,(H,12,13). The van der Waals surface area contributed by atoms with Crippen LogP contribution in [0.15, 0.2) is 18.5 Å². The summed E-state index contributed by atoms with van der Waals surface area (Å²) in [6.07, 6.45) is 5.59. The van der Waals surface area contributed by atoms with Crippen LogP contribution in [-0.2, 0) is 0 Å². The molecule has 0 saturated heterocycles. The zero-order valence-electron chi connectivity index (χ0n) is 7.06. The van der Waals surface area contributed by atoms with E-state index >= 15 is 0 Å². The second-order valence-electron chi connectivity index (χ2n) is 3.39. The first-order valence-electron chi connectivity index (χ1n) is 4.19. The molecular weight excluding hydrogens is 207 g/mol. The third-order valence-corrected chi connectivity index (χ3v) is 3.09. The highest BCUT2D eigenvalue weighted by atomic mass is 35.5. The van der Waals surface area contributed by atoms with Crippen LogP contribution in [0.3, 0.4) is 0 Å². The SMILES string of the molecule is ClCC1(Nc2ccncc2Cl)CC1. The van der Waals surface area contributed by atoms with Gasteiger partial charge in [-0.2, -0.15) is 0 Å². The molecule has 0 atom stereocenters.